The van der Waals surface area contributed by atoms with Crippen LogP contribution in [0.25, 0.3) is 0 Å². The van der Waals surface area contributed by atoms with Crippen LogP contribution in [0.1, 0.15) is 59.3 Å². The minimum Gasteiger partial charge on any atom is -0.352 e. The van der Waals surface area contributed by atoms with Crippen molar-refractivity contribution in [3.8, 4) is 6.07 Å². The Morgan fingerprint density at radius 1 is 1.29 bits per heavy atom. The van der Waals surface area contributed by atoms with Crippen LogP contribution in [0.4, 0.5) is 0 Å². The number of carbonyl (C=O) groups excluding carboxylic acids is 1. The minimum absolute atomic E-state index is 0.0483. The van der Waals surface area contributed by atoms with E-state index in [9.17, 15) is 10.1 Å². The predicted molar refractivity (Wildman–Crippen MR) is 68.2 cm³/mol. The molecule has 0 aromatic rings. The van der Waals surface area contributed by atoms with E-state index in [1.807, 2.05) is 6.92 Å². The topological polar surface area (TPSA) is 52.9 Å². The Morgan fingerprint density at radius 2 is 1.88 bits per heavy atom. The molecule has 0 aromatic heterocycles. The highest BCUT2D eigenvalue weighted by Gasteiger charge is 2.40. The molecule has 0 bridgehead atoms. The number of carbonyl (C=O) groups is 1. The molecule has 0 spiro atoms. The molecule has 1 amide bonds. The third-order valence-electron chi connectivity index (χ3n) is 3.56. The molecule has 17 heavy (non-hydrogen) atoms. The summed E-state index contributed by atoms with van der Waals surface area (Å²) in [7, 11) is 0. The zero-order valence-corrected chi connectivity index (χ0v) is 11.3. The van der Waals surface area contributed by atoms with Gasteiger partial charge in [-0.05, 0) is 32.1 Å². The average molecular weight is 236 g/mol. The Bertz CT molecular complexity index is 298. The predicted octanol–water partition coefficient (Wildman–Crippen LogP) is 3.01. The van der Waals surface area contributed by atoms with Crippen LogP contribution in [-0.2, 0) is 4.79 Å². The van der Waals surface area contributed by atoms with Gasteiger partial charge in [0.25, 0.3) is 0 Å². The monoisotopic (exact) mass is 236 g/mol. The largest absolute Gasteiger partial charge is 0.352 e. The van der Waals surface area contributed by atoms with Crippen molar-refractivity contribution in [2.75, 3.05) is 0 Å². The highest BCUT2D eigenvalue weighted by Crippen LogP contribution is 2.36. The van der Waals surface area contributed by atoms with Gasteiger partial charge in [-0.3, -0.25) is 4.79 Å². The molecule has 1 rings (SSSR count). The van der Waals surface area contributed by atoms with E-state index in [1.54, 1.807) is 0 Å². The molecule has 96 valence electrons. The summed E-state index contributed by atoms with van der Waals surface area (Å²) in [4.78, 5) is 12.2. The fourth-order valence-electron chi connectivity index (χ4n) is 2.67. The molecule has 1 unspecified atom stereocenters. The van der Waals surface area contributed by atoms with Crippen LogP contribution in [-0.4, -0.2) is 11.9 Å². The lowest BCUT2D eigenvalue weighted by atomic mass is 9.74. The Morgan fingerprint density at radius 3 is 2.35 bits per heavy atom. The quantitative estimate of drug-likeness (QED) is 0.815. The van der Waals surface area contributed by atoms with Crippen LogP contribution in [0.15, 0.2) is 0 Å². The molecule has 0 radical (unpaired) electrons. The van der Waals surface area contributed by atoms with Gasteiger partial charge in [0.15, 0.2) is 0 Å². The zero-order valence-electron chi connectivity index (χ0n) is 11.3. The molecule has 0 aliphatic heterocycles. The lowest BCUT2D eigenvalue weighted by Gasteiger charge is -2.30. The molecular weight excluding hydrogens is 212 g/mol. The molecule has 3 nitrogen and oxygen atoms in total. The molecule has 1 aliphatic rings. The Hall–Kier alpha value is -1.04. The van der Waals surface area contributed by atoms with E-state index >= 15 is 0 Å². The van der Waals surface area contributed by atoms with E-state index < -0.39 is 5.41 Å². The van der Waals surface area contributed by atoms with Gasteiger partial charge >= 0.3 is 0 Å². The number of rotatable bonds is 4. The second-order valence-corrected chi connectivity index (χ2v) is 5.76. The standard InChI is InChI=1S/C14H24N2O/c1-11(2)9-12(3)16-13(17)14(10-15)7-5-4-6-8-14/h11-12H,4-9H2,1-3H3,(H,16,17). The van der Waals surface area contributed by atoms with Crippen LogP contribution in [0.5, 0.6) is 0 Å². The summed E-state index contributed by atoms with van der Waals surface area (Å²) in [5, 5.41) is 12.3. The fourth-order valence-corrected chi connectivity index (χ4v) is 2.67. The number of hydrogen-bond acceptors (Lipinski definition) is 2. The van der Waals surface area contributed by atoms with Crippen molar-refractivity contribution >= 4 is 5.91 Å². The van der Waals surface area contributed by atoms with E-state index in [1.165, 1.54) is 0 Å². The van der Waals surface area contributed by atoms with Crippen molar-refractivity contribution in [2.24, 2.45) is 11.3 Å². The van der Waals surface area contributed by atoms with Crippen LogP contribution in [0.3, 0.4) is 0 Å². The second kappa shape index (κ2) is 6.05. The number of nitrogens with one attached hydrogen (secondary N) is 1. The first-order chi connectivity index (χ1) is 8.00. The summed E-state index contributed by atoms with van der Waals surface area (Å²) in [6.07, 6.45) is 5.57. The first-order valence-electron chi connectivity index (χ1n) is 6.72. The first kappa shape index (κ1) is 14.0. The normalized spacial score (nSPS) is 20.6. The zero-order chi connectivity index (χ0) is 12.9. The third-order valence-corrected chi connectivity index (χ3v) is 3.56. The van der Waals surface area contributed by atoms with Crippen molar-refractivity contribution in [2.45, 2.75) is 65.3 Å². The summed E-state index contributed by atoms with van der Waals surface area (Å²) < 4.78 is 0. The maximum atomic E-state index is 12.2. The summed E-state index contributed by atoms with van der Waals surface area (Å²) in [5.74, 6) is 0.516. The molecule has 1 N–H and O–H groups in total. The second-order valence-electron chi connectivity index (χ2n) is 5.76. The van der Waals surface area contributed by atoms with Gasteiger partial charge in [-0.2, -0.15) is 5.26 Å². The first-order valence-corrected chi connectivity index (χ1v) is 6.72. The van der Waals surface area contributed by atoms with Gasteiger partial charge in [0, 0.05) is 6.04 Å². The van der Waals surface area contributed by atoms with Crippen LogP contribution < -0.4 is 5.32 Å². The Balaban J connectivity index is 2.58. The Labute approximate surface area is 105 Å². The summed E-state index contributed by atoms with van der Waals surface area (Å²) in [6.45, 7) is 6.30. The lowest BCUT2D eigenvalue weighted by Crippen LogP contribution is -2.45. The van der Waals surface area contributed by atoms with Gasteiger partial charge in [0.05, 0.1) is 6.07 Å². The summed E-state index contributed by atoms with van der Waals surface area (Å²) >= 11 is 0. The Kier molecular flexibility index (Phi) is 4.99. The maximum absolute atomic E-state index is 12.2. The van der Waals surface area contributed by atoms with Gasteiger partial charge in [0.1, 0.15) is 5.41 Å². The number of nitriles is 1. The van der Waals surface area contributed by atoms with E-state index in [-0.39, 0.29) is 11.9 Å². The van der Waals surface area contributed by atoms with Crippen molar-refractivity contribution in [1.29, 1.82) is 5.26 Å². The van der Waals surface area contributed by atoms with E-state index in [2.05, 4.69) is 25.2 Å². The molecule has 1 saturated carbocycles. The number of amides is 1. The molecule has 0 heterocycles. The van der Waals surface area contributed by atoms with Crippen molar-refractivity contribution in [3.63, 3.8) is 0 Å². The van der Waals surface area contributed by atoms with Gasteiger partial charge in [-0.25, -0.2) is 0 Å². The van der Waals surface area contributed by atoms with E-state index in [4.69, 9.17) is 0 Å². The molecule has 0 aromatic carbocycles. The highest BCUT2D eigenvalue weighted by atomic mass is 16.2. The molecular formula is C14H24N2O. The van der Waals surface area contributed by atoms with Crippen molar-refractivity contribution in [1.82, 2.24) is 5.32 Å². The highest BCUT2D eigenvalue weighted by molar-refractivity contribution is 5.85. The smallest absolute Gasteiger partial charge is 0.240 e. The lowest BCUT2D eigenvalue weighted by molar-refractivity contribution is -0.130. The SMILES string of the molecule is CC(C)CC(C)NC(=O)C1(C#N)CCCCC1. The summed E-state index contributed by atoms with van der Waals surface area (Å²) in [6, 6.07) is 2.43. The van der Waals surface area contributed by atoms with Gasteiger partial charge < -0.3 is 5.32 Å². The van der Waals surface area contributed by atoms with E-state index in [0.29, 0.717) is 5.92 Å². The van der Waals surface area contributed by atoms with Gasteiger partial charge in [-0.1, -0.05) is 33.1 Å². The van der Waals surface area contributed by atoms with Gasteiger partial charge in [0.2, 0.25) is 5.91 Å². The molecule has 0 saturated heterocycles. The van der Waals surface area contributed by atoms with Crippen LogP contribution >= 0.6 is 0 Å². The van der Waals surface area contributed by atoms with Crippen molar-refractivity contribution < 1.29 is 4.79 Å². The molecule has 1 fully saturated rings. The summed E-state index contributed by atoms with van der Waals surface area (Å²) in [5.41, 5.74) is -0.747. The molecule has 1 aliphatic carbocycles. The van der Waals surface area contributed by atoms with Crippen molar-refractivity contribution in [3.05, 3.63) is 0 Å². The van der Waals surface area contributed by atoms with E-state index in [0.717, 1.165) is 38.5 Å². The number of hydrogen-bond donors (Lipinski definition) is 1. The minimum atomic E-state index is -0.747. The fraction of sp³-hybridized carbons (Fsp3) is 0.857. The molecule has 3 heteroatoms. The van der Waals surface area contributed by atoms with Gasteiger partial charge in [-0.15, -0.1) is 0 Å². The third kappa shape index (κ3) is 3.73. The van der Waals surface area contributed by atoms with Crippen LogP contribution in [0, 0.1) is 22.7 Å². The number of nitrogens with zero attached hydrogens (tertiary/aromatic N) is 1. The van der Waals surface area contributed by atoms with Crippen LogP contribution in [0.2, 0.25) is 0 Å². The molecule has 1 atom stereocenters. The average Bonchev–Trinajstić information content (AvgIpc) is 2.28. The maximum Gasteiger partial charge on any atom is 0.240 e.